The molecule has 136 valence electrons. The maximum absolute atomic E-state index is 13.8. The zero-order chi connectivity index (χ0) is 19.0. The van der Waals surface area contributed by atoms with E-state index in [9.17, 15) is 14.0 Å². The highest BCUT2D eigenvalue weighted by atomic mass is 35.5. The first-order valence-corrected chi connectivity index (χ1v) is 8.78. The van der Waals surface area contributed by atoms with Crippen LogP contribution in [0, 0.1) is 32.5 Å². The molecule has 1 atom stereocenters. The van der Waals surface area contributed by atoms with Crippen LogP contribution < -0.4 is 10.2 Å². The molecule has 1 unspecified atom stereocenters. The minimum Gasteiger partial charge on any atom is -0.324 e. The van der Waals surface area contributed by atoms with Crippen molar-refractivity contribution in [2.75, 3.05) is 16.8 Å². The van der Waals surface area contributed by atoms with Crippen LogP contribution in [-0.4, -0.2) is 18.4 Å². The van der Waals surface area contributed by atoms with Crippen LogP contribution in [0.2, 0.25) is 5.02 Å². The average molecular weight is 375 g/mol. The van der Waals surface area contributed by atoms with Crippen LogP contribution in [0.4, 0.5) is 15.8 Å². The van der Waals surface area contributed by atoms with E-state index in [0.29, 0.717) is 22.0 Å². The molecule has 1 aliphatic heterocycles. The number of nitrogens with one attached hydrogen (secondary N) is 1. The highest BCUT2D eigenvalue weighted by Gasteiger charge is 2.35. The summed E-state index contributed by atoms with van der Waals surface area (Å²) in [5, 5.41) is 3.31. The first-order chi connectivity index (χ1) is 12.3. The zero-order valence-electron chi connectivity index (χ0n) is 14.9. The largest absolute Gasteiger partial charge is 0.324 e. The van der Waals surface area contributed by atoms with E-state index in [1.807, 2.05) is 19.9 Å². The Balaban J connectivity index is 1.76. The topological polar surface area (TPSA) is 49.4 Å². The van der Waals surface area contributed by atoms with Gasteiger partial charge in [-0.25, -0.2) is 4.39 Å². The van der Waals surface area contributed by atoms with Gasteiger partial charge < -0.3 is 10.2 Å². The van der Waals surface area contributed by atoms with Crippen LogP contribution in [0.25, 0.3) is 0 Å². The molecule has 1 aliphatic rings. The van der Waals surface area contributed by atoms with Crippen molar-refractivity contribution in [2.24, 2.45) is 5.92 Å². The van der Waals surface area contributed by atoms with E-state index in [0.717, 1.165) is 11.1 Å². The summed E-state index contributed by atoms with van der Waals surface area (Å²) < 4.78 is 13.8. The summed E-state index contributed by atoms with van der Waals surface area (Å²) in [7, 11) is 0. The second kappa shape index (κ2) is 7.08. The summed E-state index contributed by atoms with van der Waals surface area (Å²) in [6.45, 7) is 5.68. The second-order valence-electron chi connectivity index (χ2n) is 6.77. The Morgan fingerprint density at radius 3 is 2.58 bits per heavy atom. The van der Waals surface area contributed by atoms with Crippen LogP contribution in [-0.2, 0) is 9.59 Å². The number of anilines is 2. The van der Waals surface area contributed by atoms with E-state index in [4.69, 9.17) is 11.6 Å². The first-order valence-electron chi connectivity index (χ1n) is 8.40. The van der Waals surface area contributed by atoms with Crippen molar-refractivity contribution in [3.63, 3.8) is 0 Å². The summed E-state index contributed by atoms with van der Waals surface area (Å²) in [5.74, 6) is -1.34. The fraction of sp³-hybridized carbons (Fsp3) is 0.300. The number of benzene rings is 2. The van der Waals surface area contributed by atoms with Gasteiger partial charge in [0.05, 0.1) is 16.6 Å². The molecule has 2 aromatic rings. The van der Waals surface area contributed by atoms with Gasteiger partial charge in [0.25, 0.3) is 0 Å². The van der Waals surface area contributed by atoms with Crippen molar-refractivity contribution >= 4 is 34.8 Å². The monoisotopic (exact) mass is 374 g/mol. The molecule has 1 fully saturated rings. The predicted molar refractivity (Wildman–Crippen MR) is 101 cm³/mol. The van der Waals surface area contributed by atoms with E-state index in [-0.39, 0.29) is 30.6 Å². The van der Waals surface area contributed by atoms with Gasteiger partial charge >= 0.3 is 0 Å². The molecule has 3 rings (SSSR count). The van der Waals surface area contributed by atoms with Crippen LogP contribution in [0.5, 0.6) is 0 Å². The second-order valence-corrected chi connectivity index (χ2v) is 7.17. The van der Waals surface area contributed by atoms with Gasteiger partial charge in [0.2, 0.25) is 11.8 Å². The number of rotatable bonds is 3. The Kier molecular flexibility index (Phi) is 5.01. The number of nitrogens with zero attached hydrogens (tertiary/aromatic N) is 1. The number of hydrogen-bond donors (Lipinski definition) is 1. The van der Waals surface area contributed by atoms with E-state index in [1.54, 1.807) is 25.1 Å². The van der Waals surface area contributed by atoms with Gasteiger partial charge in [-0.2, -0.15) is 0 Å². The van der Waals surface area contributed by atoms with E-state index in [2.05, 4.69) is 5.32 Å². The standard InChI is InChI=1S/C20H20ClFN2O2/c1-11-6-13(3)19(16(21)7-11)23-20(26)14-8-18(25)24(10-14)15-5-4-12(2)17(22)9-15/h4-7,9,14H,8,10H2,1-3H3,(H,23,26). The van der Waals surface area contributed by atoms with E-state index in [1.165, 1.54) is 11.0 Å². The lowest BCUT2D eigenvalue weighted by atomic mass is 10.1. The van der Waals surface area contributed by atoms with Gasteiger partial charge in [-0.15, -0.1) is 0 Å². The molecule has 1 saturated heterocycles. The molecular formula is C20H20ClFN2O2. The Labute approximate surface area is 157 Å². The summed E-state index contributed by atoms with van der Waals surface area (Å²) >= 11 is 6.24. The lowest BCUT2D eigenvalue weighted by Crippen LogP contribution is -2.28. The van der Waals surface area contributed by atoms with Crippen molar-refractivity contribution in [2.45, 2.75) is 27.2 Å². The first kappa shape index (κ1) is 18.4. The lowest BCUT2D eigenvalue weighted by Gasteiger charge is -2.18. The maximum Gasteiger partial charge on any atom is 0.229 e. The van der Waals surface area contributed by atoms with Gasteiger partial charge in [-0.3, -0.25) is 9.59 Å². The van der Waals surface area contributed by atoms with Crippen molar-refractivity contribution in [3.8, 4) is 0 Å². The van der Waals surface area contributed by atoms with Crippen molar-refractivity contribution in [1.82, 2.24) is 0 Å². The molecule has 1 heterocycles. The van der Waals surface area contributed by atoms with Gasteiger partial charge in [0.1, 0.15) is 5.82 Å². The van der Waals surface area contributed by atoms with Gasteiger partial charge in [0.15, 0.2) is 0 Å². The number of hydrogen-bond acceptors (Lipinski definition) is 2. The molecule has 0 bridgehead atoms. The molecule has 0 saturated carbocycles. The van der Waals surface area contributed by atoms with Crippen molar-refractivity contribution in [3.05, 3.63) is 57.9 Å². The molecule has 2 aromatic carbocycles. The minimum atomic E-state index is -0.511. The van der Waals surface area contributed by atoms with Crippen LogP contribution >= 0.6 is 11.6 Å². The van der Waals surface area contributed by atoms with E-state index < -0.39 is 5.92 Å². The Morgan fingerprint density at radius 1 is 1.19 bits per heavy atom. The fourth-order valence-electron chi connectivity index (χ4n) is 3.18. The Hall–Kier alpha value is -2.40. The average Bonchev–Trinajstić information content (AvgIpc) is 2.95. The van der Waals surface area contributed by atoms with Crippen LogP contribution in [0.3, 0.4) is 0 Å². The number of carbonyl (C=O) groups excluding carboxylic acids is 2. The van der Waals surface area contributed by atoms with Gasteiger partial charge in [-0.1, -0.05) is 23.7 Å². The third-order valence-electron chi connectivity index (χ3n) is 4.64. The van der Waals surface area contributed by atoms with Gasteiger partial charge in [0, 0.05) is 18.7 Å². The lowest BCUT2D eigenvalue weighted by molar-refractivity contribution is -0.122. The highest BCUT2D eigenvalue weighted by molar-refractivity contribution is 6.34. The number of halogens is 2. The van der Waals surface area contributed by atoms with Crippen molar-refractivity contribution < 1.29 is 14.0 Å². The SMILES string of the molecule is Cc1cc(C)c(NC(=O)C2CC(=O)N(c3ccc(C)c(F)c3)C2)c(Cl)c1. The molecule has 1 N–H and O–H groups in total. The highest BCUT2D eigenvalue weighted by Crippen LogP contribution is 2.30. The molecule has 4 nitrogen and oxygen atoms in total. The summed E-state index contributed by atoms with van der Waals surface area (Å²) in [6.07, 6.45) is 0.0872. The summed E-state index contributed by atoms with van der Waals surface area (Å²) in [6, 6.07) is 8.36. The van der Waals surface area contributed by atoms with Crippen molar-refractivity contribution in [1.29, 1.82) is 0 Å². The molecular weight excluding hydrogens is 355 g/mol. The minimum absolute atomic E-state index is 0.0872. The molecule has 2 amide bonds. The molecule has 6 heteroatoms. The smallest absolute Gasteiger partial charge is 0.229 e. The normalized spacial score (nSPS) is 16.9. The molecule has 0 spiro atoms. The Bertz CT molecular complexity index is 874. The third kappa shape index (κ3) is 3.58. The zero-order valence-corrected chi connectivity index (χ0v) is 15.7. The quantitative estimate of drug-likeness (QED) is 0.865. The van der Waals surface area contributed by atoms with Crippen LogP contribution in [0.15, 0.2) is 30.3 Å². The van der Waals surface area contributed by atoms with Crippen LogP contribution in [0.1, 0.15) is 23.1 Å². The summed E-state index contributed by atoms with van der Waals surface area (Å²) in [4.78, 5) is 26.4. The number of carbonyl (C=O) groups is 2. The maximum atomic E-state index is 13.8. The molecule has 0 aromatic heterocycles. The Morgan fingerprint density at radius 2 is 1.92 bits per heavy atom. The molecule has 0 aliphatic carbocycles. The molecule has 0 radical (unpaired) electrons. The predicted octanol–water partition coefficient (Wildman–Crippen LogP) is 4.40. The number of amides is 2. The van der Waals surface area contributed by atoms with E-state index >= 15 is 0 Å². The third-order valence-corrected chi connectivity index (χ3v) is 4.94. The summed E-state index contributed by atoms with van der Waals surface area (Å²) in [5.41, 5.74) is 3.42. The number of aryl methyl sites for hydroxylation is 3. The molecule has 26 heavy (non-hydrogen) atoms. The van der Waals surface area contributed by atoms with Gasteiger partial charge in [-0.05, 0) is 55.7 Å². The fourth-order valence-corrected chi connectivity index (χ4v) is 3.55.